The maximum atomic E-state index is 13.0. The summed E-state index contributed by atoms with van der Waals surface area (Å²) in [6.07, 6.45) is 1.17. The van der Waals surface area contributed by atoms with E-state index in [1.165, 1.54) is 17.6 Å². The molecule has 0 atom stereocenters. The number of fused-ring (bicyclic) bond motifs is 2. The monoisotopic (exact) mass is 454 g/mol. The van der Waals surface area contributed by atoms with Crippen molar-refractivity contribution in [1.82, 2.24) is 4.57 Å². The number of carbonyl (C=O) groups is 1. The predicted octanol–water partition coefficient (Wildman–Crippen LogP) is 3.60. The van der Waals surface area contributed by atoms with Crippen LogP contribution < -0.4 is 19.7 Å². The Kier molecular flexibility index (Phi) is 6.38. The normalized spacial score (nSPS) is 11.9. The molecule has 0 aliphatic rings. The van der Waals surface area contributed by atoms with E-state index in [0.717, 1.165) is 10.2 Å². The fourth-order valence-electron chi connectivity index (χ4n) is 3.37. The van der Waals surface area contributed by atoms with Gasteiger partial charge in [-0.05, 0) is 19.1 Å². The molecule has 8 nitrogen and oxygen atoms in total. The Bertz CT molecular complexity index is 1420. The van der Waals surface area contributed by atoms with E-state index < -0.39 is 11.3 Å². The first-order valence-electron chi connectivity index (χ1n) is 10.00. The fourth-order valence-corrected chi connectivity index (χ4v) is 4.44. The topological polar surface area (TPSA) is 92.3 Å². The Morgan fingerprint density at radius 1 is 1.16 bits per heavy atom. The Labute approximate surface area is 187 Å². The van der Waals surface area contributed by atoms with E-state index in [4.69, 9.17) is 18.6 Å². The lowest BCUT2D eigenvalue weighted by Gasteiger charge is -2.09. The number of hydrogen-bond acceptors (Lipinski definition) is 7. The van der Waals surface area contributed by atoms with Crippen LogP contribution in [0.25, 0.3) is 21.2 Å². The second-order valence-corrected chi connectivity index (χ2v) is 7.81. The highest BCUT2D eigenvalue weighted by Crippen LogP contribution is 2.33. The lowest BCUT2D eigenvalue weighted by Crippen LogP contribution is -2.21. The average Bonchev–Trinajstić information content (AvgIpc) is 3.14. The predicted molar refractivity (Wildman–Crippen MR) is 122 cm³/mol. The summed E-state index contributed by atoms with van der Waals surface area (Å²) in [5, 5.41) is 0.337. The largest absolute Gasteiger partial charge is 0.493 e. The zero-order valence-corrected chi connectivity index (χ0v) is 18.7. The van der Waals surface area contributed by atoms with Crippen molar-refractivity contribution in [2.45, 2.75) is 13.5 Å². The van der Waals surface area contributed by atoms with Crippen molar-refractivity contribution in [1.29, 1.82) is 0 Å². The molecule has 0 aliphatic carbocycles. The molecular weight excluding hydrogens is 432 g/mol. The Hall–Kier alpha value is -3.43. The number of amides is 1. The molecule has 4 rings (SSSR count). The van der Waals surface area contributed by atoms with Gasteiger partial charge in [0.05, 0.1) is 36.4 Å². The number of benzene rings is 2. The third-order valence-corrected chi connectivity index (χ3v) is 6.00. The minimum atomic E-state index is -0.667. The number of carbonyl (C=O) groups excluding carboxylic acids is 1. The first-order valence-corrected chi connectivity index (χ1v) is 10.8. The number of rotatable bonds is 7. The summed E-state index contributed by atoms with van der Waals surface area (Å²) < 4.78 is 24.5. The summed E-state index contributed by atoms with van der Waals surface area (Å²) in [5.41, 5.74) is 0.713. The number of hydrogen-bond donors (Lipinski definition) is 0. The van der Waals surface area contributed by atoms with Gasteiger partial charge in [-0.2, -0.15) is 4.99 Å². The molecule has 4 aromatic rings. The molecule has 0 spiro atoms. The molecule has 0 unspecified atom stereocenters. The second-order valence-electron chi connectivity index (χ2n) is 6.80. The van der Waals surface area contributed by atoms with Gasteiger partial charge in [0, 0.05) is 25.3 Å². The Morgan fingerprint density at radius 2 is 1.91 bits per heavy atom. The first-order chi connectivity index (χ1) is 15.6. The van der Waals surface area contributed by atoms with Gasteiger partial charge in [-0.25, -0.2) is 0 Å². The van der Waals surface area contributed by atoms with E-state index in [-0.39, 0.29) is 5.56 Å². The third-order valence-electron chi connectivity index (χ3n) is 4.96. The molecule has 2 aromatic heterocycles. The average molecular weight is 455 g/mol. The molecule has 32 heavy (non-hydrogen) atoms. The quantitative estimate of drug-likeness (QED) is 0.396. The van der Waals surface area contributed by atoms with Crippen molar-refractivity contribution < 1.29 is 23.4 Å². The van der Waals surface area contributed by atoms with Gasteiger partial charge < -0.3 is 23.2 Å². The SMILES string of the molecule is CCOCCn1c(=NC(=O)c2coc3ccccc3c2=O)sc2cc(OC)c(OC)cc21. The van der Waals surface area contributed by atoms with Gasteiger partial charge in [0.2, 0.25) is 5.43 Å². The lowest BCUT2D eigenvalue weighted by atomic mass is 10.2. The molecule has 166 valence electrons. The Morgan fingerprint density at radius 3 is 2.66 bits per heavy atom. The van der Waals surface area contributed by atoms with Gasteiger partial charge in [-0.3, -0.25) is 9.59 Å². The van der Waals surface area contributed by atoms with Crippen molar-refractivity contribution in [2.24, 2.45) is 4.99 Å². The van der Waals surface area contributed by atoms with Crippen LogP contribution in [-0.2, 0) is 11.3 Å². The minimum absolute atomic E-state index is 0.118. The van der Waals surface area contributed by atoms with E-state index in [2.05, 4.69) is 4.99 Å². The first kappa shape index (κ1) is 21.8. The van der Waals surface area contributed by atoms with Crippen molar-refractivity contribution in [3.05, 3.63) is 63.2 Å². The van der Waals surface area contributed by atoms with E-state index in [0.29, 0.717) is 47.0 Å². The molecule has 0 N–H and O–H groups in total. The molecule has 2 heterocycles. The molecule has 1 amide bonds. The molecule has 0 saturated heterocycles. The molecule has 2 aromatic carbocycles. The number of methoxy groups -OCH3 is 2. The van der Waals surface area contributed by atoms with Crippen LogP contribution in [0.5, 0.6) is 11.5 Å². The summed E-state index contributed by atoms with van der Waals surface area (Å²) in [6.45, 7) is 3.40. The molecular formula is C23H22N2O6S. The van der Waals surface area contributed by atoms with Crippen molar-refractivity contribution in [3.63, 3.8) is 0 Å². The summed E-state index contributed by atoms with van der Waals surface area (Å²) in [6, 6.07) is 10.5. The van der Waals surface area contributed by atoms with E-state index >= 15 is 0 Å². The highest BCUT2D eigenvalue weighted by atomic mass is 32.1. The van der Waals surface area contributed by atoms with Gasteiger partial charge in [0.25, 0.3) is 5.91 Å². The van der Waals surface area contributed by atoms with Gasteiger partial charge in [-0.15, -0.1) is 0 Å². The van der Waals surface area contributed by atoms with E-state index in [9.17, 15) is 9.59 Å². The van der Waals surface area contributed by atoms with Crippen molar-refractivity contribution in [3.8, 4) is 11.5 Å². The van der Waals surface area contributed by atoms with Crippen LogP contribution in [0.2, 0.25) is 0 Å². The van der Waals surface area contributed by atoms with Gasteiger partial charge in [0.1, 0.15) is 17.4 Å². The smallest absolute Gasteiger partial charge is 0.286 e. The lowest BCUT2D eigenvalue weighted by molar-refractivity contribution is 0.0994. The van der Waals surface area contributed by atoms with Crippen LogP contribution in [0.15, 0.2) is 56.9 Å². The van der Waals surface area contributed by atoms with E-state index in [1.54, 1.807) is 38.5 Å². The highest BCUT2D eigenvalue weighted by molar-refractivity contribution is 7.16. The van der Waals surface area contributed by atoms with E-state index in [1.807, 2.05) is 23.6 Å². The van der Waals surface area contributed by atoms with Gasteiger partial charge >= 0.3 is 0 Å². The number of thiazole rings is 1. The summed E-state index contributed by atoms with van der Waals surface area (Å²) in [7, 11) is 3.13. The molecule has 0 aliphatic heterocycles. The fraction of sp³-hybridized carbons (Fsp3) is 0.261. The second kappa shape index (κ2) is 9.37. The zero-order valence-electron chi connectivity index (χ0n) is 17.9. The van der Waals surface area contributed by atoms with Crippen LogP contribution in [0, 0.1) is 0 Å². The molecule has 0 saturated carbocycles. The van der Waals surface area contributed by atoms with Crippen LogP contribution in [0.3, 0.4) is 0 Å². The van der Waals surface area contributed by atoms with Crippen LogP contribution in [0.1, 0.15) is 17.3 Å². The molecule has 0 bridgehead atoms. The minimum Gasteiger partial charge on any atom is -0.493 e. The molecule has 0 fully saturated rings. The van der Waals surface area contributed by atoms with Gasteiger partial charge in [-0.1, -0.05) is 23.5 Å². The molecule has 0 radical (unpaired) electrons. The number of ether oxygens (including phenoxy) is 3. The van der Waals surface area contributed by atoms with Crippen LogP contribution in [0.4, 0.5) is 0 Å². The summed E-state index contributed by atoms with van der Waals surface area (Å²) in [5.74, 6) is 0.474. The van der Waals surface area contributed by atoms with Crippen molar-refractivity contribution in [2.75, 3.05) is 27.4 Å². The van der Waals surface area contributed by atoms with Gasteiger partial charge in [0.15, 0.2) is 16.3 Å². The van der Waals surface area contributed by atoms with Crippen LogP contribution >= 0.6 is 11.3 Å². The standard InChI is InChI=1S/C23H22N2O6S/c1-4-30-10-9-25-16-11-18(28-2)19(29-3)12-20(16)32-23(25)24-22(27)15-13-31-17-8-6-5-7-14(17)21(15)26/h5-8,11-13H,4,9-10H2,1-3H3. The summed E-state index contributed by atoms with van der Waals surface area (Å²) in [4.78, 5) is 30.5. The van der Waals surface area contributed by atoms with Crippen molar-refractivity contribution >= 4 is 38.4 Å². The highest BCUT2D eigenvalue weighted by Gasteiger charge is 2.16. The van der Waals surface area contributed by atoms with Crippen LogP contribution in [-0.4, -0.2) is 37.9 Å². The Balaban J connectivity index is 1.86. The maximum Gasteiger partial charge on any atom is 0.286 e. The maximum absolute atomic E-state index is 13.0. The molecule has 9 heteroatoms. The number of nitrogens with zero attached hydrogens (tertiary/aromatic N) is 2. The number of aromatic nitrogens is 1. The third kappa shape index (κ3) is 4.04. The summed E-state index contributed by atoms with van der Waals surface area (Å²) >= 11 is 1.31. The zero-order chi connectivity index (χ0) is 22.7. The number of para-hydroxylation sites is 1.